The van der Waals surface area contributed by atoms with Gasteiger partial charge in [-0.1, -0.05) is 0 Å². The molecule has 16 heavy (non-hydrogen) atoms. The van der Waals surface area contributed by atoms with Crippen molar-refractivity contribution in [2.24, 2.45) is 0 Å². The van der Waals surface area contributed by atoms with Crippen molar-refractivity contribution in [1.29, 1.82) is 0 Å². The number of hydrogen-bond donors (Lipinski definition) is 0. The Kier molecular flexibility index (Phi) is 4.24. The molecule has 0 saturated heterocycles. The second-order valence-corrected chi connectivity index (χ2v) is 4.24. The minimum Gasteiger partial charge on any atom is -0.377 e. The van der Waals surface area contributed by atoms with Crippen LogP contribution >= 0.6 is 0 Å². The van der Waals surface area contributed by atoms with Gasteiger partial charge in [-0.2, -0.15) is 5.10 Å². The van der Waals surface area contributed by atoms with Crippen molar-refractivity contribution >= 4 is 5.78 Å². The van der Waals surface area contributed by atoms with E-state index >= 15 is 0 Å². The number of hydrogen-bond acceptors (Lipinski definition) is 3. The predicted molar refractivity (Wildman–Crippen MR) is 62.8 cm³/mol. The molecule has 0 aliphatic carbocycles. The van der Waals surface area contributed by atoms with E-state index in [1.807, 2.05) is 32.4 Å². The third kappa shape index (κ3) is 2.92. The second kappa shape index (κ2) is 5.25. The van der Waals surface area contributed by atoms with Crippen LogP contribution in [0.2, 0.25) is 0 Å². The van der Waals surface area contributed by atoms with Gasteiger partial charge in [0.15, 0.2) is 5.78 Å². The number of ketones is 1. The molecule has 0 unspecified atom stereocenters. The van der Waals surface area contributed by atoms with Gasteiger partial charge in [0.25, 0.3) is 0 Å². The summed E-state index contributed by atoms with van der Waals surface area (Å²) < 4.78 is 7.31. The molecule has 0 bridgehead atoms. The average molecular weight is 224 g/mol. The third-order valence-corrected chi connectivity index (χ3v) is 2.49. The second-order valence-electron chi connectivity index (χ2n) is 4.24. The maximum absolute atomic E-state index is 11.4. The Balaban J connectivity index is 2.75. The van der Waals surface area contributed by atoms with E-state index in [-0.39, 0.29) is 11.9 Å². The van der Waals surface area contributed by atoms with Crippen molar-refractivity contribution in [3.8, 4) is 0 Å². The summed E-state index contributed by atoms with van der Waals surface area (Å²) in [6.45, 7) is 10.7. The average Bonchev–Trinajstić information content (AvgIpc) is 2.41. The first-order valence-electron chi connectivity index (χ1n) is 5.60. The maximum Gasteiger partial charge on any atom is 0.163 e. The number of aromatic nitrogens is 2. The van der Waals surface area contributed by atoms with Crippen LogP contribution in [-0.4, -0.2) is 28.3 Å². The molecule has 0 saturated carbocycles. The number of Topliss-reactive ketones (excluding diaryl/α,β-unsaturated/α-hetero) is 1. The van der Waals surface area contributed by atoms with Gasteiger partial charge < -0.3 is 4.74 Å². The molecule has 1 heterocycles. The van der Waals surface area contributed by atoms with Crippen LogP contribution in [0.25, 0.3) is 0 Å². The van der Waals surface area contributed by atoms with Gasteiger partial charge in [-0.3, -0.25) is 9.48 Å². The Morgan fingerprint density at radius 3 is 2.50 bits per heavy atom. The van der Waals surface area contributed by atoms with Crippen LogP contribution in [0.1, 0.15) is 42.5 Å². The van der Waals surface area contributed by atoms with Crippen molar-refractivity contribution in [3.05, 3.63) is 17.0 Å². The van der Waals surface area contributed by atoms with Crippen LogP contribution < -0.4 is 0 Å². The Hall–Kier alpha value is -1.16. The Morgan fingerprint density at radius 1 is 1.44 bits per heavy atom. The molecule has 4 heteroatoms. The molecule has 0 spiro atoms. The minimum atomic E-state index is 0.0750. The molecule has 0 aromatic carbocycles. The van der Waals surface area contributed by atoms with Crippen molar-refractivity contribution in [2.75, 3.05) is 6.61 Å². The van der Waals surface area contributed by atoms with Gasteiger partial charge in [0.2, 0.25) is 0 Å². The molecule has 90 valence electrons. The molecule has 1 rings (SSSR count). The highest BCUT2D eigenvalue weighted by Gasteiger charge is 2.14. The summed E-state index contributed by atoms with van der Waals surface area (Å²) in [6, 6.07) is 0. The monoisotopic (exact) mass is 224 g/mol. The SMILES string of the molecule is CC(=O)c1c(C)nn(CCOC(C)C)c1C. The van der Waals surface area contributed by atoms with Crippen molar-refractivity contribution in [2.45, 2.75) is 47.3 Å². The molecule has 0 fully saturated rings. The van der Waals surface area contributed by atoms with Crippen LogP contribution in [0.3, 0.4) is 0 Å². The third-order valence-electron chi connectivity index (χ3n) is 2.49. The molecular weight excluding hydrogens is 204 g/mol. The van der Waals surface area contributed by atoms with E-state index in [0.717, 1.165) is 17.0 Å². The quantitative estimate of drug-likeness (QED) is 0.720. The molecular formula is C12H20N2O2. The summed E-state index contributed by atoms with van der Waals surface area (Å²) in [5.74, 6) is 0.0750. The molecule has 0 aliphatic rings. The molecule has 0 radical (unpaired) electrons. The zero-order chi connectivity index (χ0) is 12.3. The molecule has 0 amide bonds. The molecule has 0 N–H and O–H groups in total. The van der Waals surface area contributed by atoms with Crippen molar-refractivity contribution in [1.82, 2.24) is 9.78 Å². The summed E-state index contributed by atoms with van der Waals surface area (Å²) in [7, 11) is 0. The molecule has 1 aromatic rings. The van der Waals surface area contributed by atoms with Gasteiger partial charge in [0.05, 0.1) is 30.5 Å². The fourth-order valence-corrected chi connectivity index (χ4v) is 1.80. The normalized spacial score (nSPS) is 11.1. The highest BCUT2D eigenvalue weighted by Crippen LogP contribution is 2.13. The van der Waals surface area contributed by atoms with E-state index in [2.05, 4.69) is 5.10 Å². The number of nitrogens with zero attached hydrogens (tertiary/aromatic N) is 2. The lowest BCUT2D eigenvalue weighted by atomic mass is 10.1. The summed E-state index contributed by atoms with van der Waals surface area (Å²) in [4.78, 5) is 11.4. The van der Waals surface area contributed by atoms with Crippen LogP contribution in [-0.2, 0) is 11.3 Å². The highest BCUT2D eigenvalue weighted by molar-refractivity contribution is 5.96. The van der Waals surface area contributed by atoms with E-state index in [1.54, 1.807) is 6.92 Å². The molecule has 4 nitrogen and oxygen atoms in total. The topological polar surface area (TPSA) is 44.1 Å². The largest absolute Gasteiger partial charge is 0.377 e. The first-order valence-corrected chi connectivity index (χ1v) is 5.60. The Labute approximate surface area is 96.6 Å². The first-order chi connectivity index (χ1) is 7.43. The van der Waals surface area contributed by atoms with E-state index in [9.17, 15) is 4.79 Å². The molecule has 0 aliphatic heterocycles. The van der Waals surface area contributed by atoms with Gasteiger partial charge in [-0.15, -0.1) is 0 Å². The summed E-state index contributed by atoms with van der Waals surface area (Å²) in [5, 5.41) is 4.34. The lowest BCUT2D eigenvalue weighted by Gasteiger charge is -2.08. The summed E-state index contributed by atoms with van der Waals surface area (Å²) >= 11 is 0. The van der Waals surface area contributed by atoms with Gasteiger partial charge >= 0.3 is 0 Å². The van der Waals surface area contributed by atoms with E-state index in [1.165, 1.54) is 0 Å². The molecule has 1 aromatic heterocycles. The lowest BCUT2D eigenvalue weighted by molar-refractivity contribution is 0.0705. The van der Waals surface area contributed by atoms with E-state index in [0.29, 0.717) is 13.2 Å². The minimum absolute atomic E-state index is 0.0750. The fourth-order valence-electron chi connectivity index (χ4n) is 1.80. The highest BCUT2D eigenvalue weighted by atomic mass is 16.5. The zero-order valence-corrected chi connectivity index (χ0v) is 10.7. The zero-order valence-electron chi connectivity index (χ0n) is 10.7. The lowest BCUT2D eigenvalue weighted by Crippen LogP contribution is -2.12. The number of carbonyl (C=O) groups excluding carboxylic acids is 1. The van der Waals surface area contributed by atoms with Gasteiger partial charge in [-0.05, 0) is 34.6 Å². The Bertz CT molecular complexity index is 381. The van der Waals surface area contributed by atoms with E-state index < -0.39 is 0 Å². The van der Waals surface area contributed by atoms with Crippen molar-refractivity contribution < 1.29 is 9.53 Å². The Morgan fingerprint density at radius 2 is 2.06 bits per heavy atom. The van der Waals surface area contributed by atoms with Gasteiger partial charge in [0.1, 0.15) is 0 Å². The fraction of sp³-hybridized carbons (Fsp3) is 0.667. The van der Waals surface area contributed by atoms with Gasteiger partial charge in [0, 0.05) is 5.69 Å². The number of rotatable bonds is 5. The van der Waals surface area contributed by atoms with Crippen molar-refractivity contribution in [3.63, 3.8) is 0 Å². The standard InChI is InChI=1S/C12H20N2O2/c1-8(2)16-7-6-14-10(4)12(11(5)15)9(3)13-14/h8H,6-7H2,1-5H3. The summed E-state index contributed by atoms with van der Waals surface area (Å²) in [6.07, 6.45) is 0.226. The maximum atomic E-state index is 11.4. The van der Waals surface area contributed by atoms with E-state index in [4.69, 9.17) is 4.74 Å². The summed E-state index contributed by atoms with van der Waals surface area (Å²) in [5.41, 5.74) is 2.47. The molecule has 0 atom stereocenters. The predicted octanol–water partition coefficient (Wildman–Crippen LogP) is 2.13. The number of aryl methyl sites for hydroxylation is 1. The van der Waals surface area contributed by atoms with Crippen LogP contribution in [0.4, 0.5) is 0 Å². The number of carbonyl (C=O) groups is 1. The number of ether oxygens (including phenoxy) is 1. The first kappa shape index (κ1) is 12.9. The van der Waals surface area contributed by atoms with Crippen LogP contribution in [0.5, 0.6) is 0 Å². The van der Waals surface area contributed by atoms with Crippen LogP contribution in [0.15, 0.2) is 0 Å². The van der Waals surface area contributed by atoms with Crippen LogP contribution in [0, 0.1) is 13.8 Å². The van der Waals surface area contributed by atoms with Gasteiger partial charge in [-0.25, -0.2) is 0 Å². The smallest absolute Gasteiger partial charge is 0.163 e.